The second-order valence-corrected chi connectivity index (χ2v) is 6.77. The molecule has 0 unspecified atom stereocenters. The van der Waals surface area contributed by atoms with Crippen molar-refractivity contribution in [3.63, 3.8) is 0 Å². The van der Waals surface area contributed by atoms with Crippen molar-refractivity contribution >= 4 is 17.5 Å². The molecule has 6 heteroatoms. The van der Waals surface area contributed by atoms with Gasteiger partial charge in [-0.1, -0.05) is 49.9 Å². The zero-order valence-corrected chi connectivity index (χ0v) is 14.7. The Kier molecular flexibility index (Phi) is 4.85. The van der Waals surface area contributed by atoms with E-state index in [4.69, 9.17) is 4.42 Å². The maximum Gasteiger partial charge on any atom is 0.200 e. The van der Waals surface area contributed by atoms with Crippen LogP contribution >= 0.6 is 11.8 Å². The maximum absolute atomic E-state index is 12.3. The van der Waals surface area contributed by atoms with Crippen LogP contribution in [-0.4, -0.2) is 26.3 Å². The lowest BCUT2D eigenvalue weighted by Gasteiger charge is -2.06. The summed E-state index contributed by atoms with van der Waals surface area (Å²) in [5.41, 5.74) is 1.95. The van der Waals surface area contributed by atoms with Gasteiger partial charge in [-0.2, -0.15) is 0 Å². The third-order valence-electron chi connectivity index (χ3n) is 3.81. The van der Waals surface area contributed by atoms with E-state index in [-0.39, 0.29) is 5.78 Å². The number of furan rings is 1. The SMILES string of the molecule is CC(C)c1ccc(C(=O)CSc2nnc(-c3ccco3)n2C)cc1. The molecule has 0 fully saturated rings. The van der Waals surface area contributed by atoms with E-state index in [0.29, 0.717) is 28.4 Å². The molecule has 3 aromatic rings. The minimum atomic E-state index is 0.0813. The Morgan fingerprint density at radius 2 is 1.96 bits per heavy atom. The summed E-state index contributed by atoms with van der Waals surface area (Å²) in [5, 5.41) is 8.95. The highest BCUT2D eigenvalue weighted by Crippen LogP contribution is 2.23. The number of aromatic nitrogens is 3. The van der Waals surface area contributed by atoms with Gasteiger partial charge >= 0.3 is 0 Å². The molecule has 3 rings (SSSR count). The van der Waals surface area contributed by atoms with E-state index >= 15 is 0 Å². The summed E-state index contributed by atoms with van der Waals surface area (Å²) in [6.45, 7) is 4.27. The molecule has 0 atom stereocenters. The molecule has 24 heavy (non-hydrogen) atoms. The monoisotopic (exact) mass is 341 g/mol. The first kappa shape index (κ1) is 16.5. The summed E-state index contributed by atoms with van der Waals surface area (Å²) < 4.78 is 7.17. The fraction of sp³-hybridized carbons (Fsp3) is 0.278. The van der Waals surface area contributed by atoms with Crippen molar-refractivity contribution < 1.29 is 9.21 Å². The molecular formula is C18H19N3O2S. The highest BCUT2D eigenvalue weighted by Gasteiger charge is 2.15. The molecule has 5 nitrogen and oxygen atoms in total. The molecule has 0 amide bonds. The number of rotatable bonds is 6. The van der Waals surface area contributed by atoms with E-state index < -0.39 is 0 Å². The smallest absolute Gasteiger partial charge is 0.200 e. The fourth-order valence-electron chi connectivity index (χ4n) is 2.33. The van der Waals surface area contributed by atoms with Crippen molar-refractivity contribution in [2.45, 2.75) is 24.9 Å². The van der Waals surface area contributed by atoms with Gasteiger partial charge in [0.2, 0.25) is 0 Å². The molecule has 2 heterocycles. The van der Waals surface area contributed by atoms with E-state index in [1.807, 2.05) is 41.9 Å². The zero-order chi connectivity index (χ0) is 17.1. The van der Waals surface area contributed by atoms with Crippen molar-refractivity contribution in [3.05, 3.63) is 53.8 Å². The Hall–Kier alpha value is -2.34. The fourth-order valence-corrected chi connectivity index (χ4v) is 3.13. The third-order valence-corrected chi connectivity index (χ3v) is 4.83. The number of benzene rings is 1. The van der Waals surface area contributed by atoms with Gasteiger partial charge in [-0.3, -0.25) is 4.79 Å². The number of ketones is 1. The lowest BCUT2D eigenvalue weighted by Crippen LogP contribution is -2.04. The molecule has 0 N–H and O–H groups in total. The van der Waals surface area contributed by atoms with E-state index in [9.17, 15) is 4.79 Å². The lowest BCUT2D eigenvalue weighted by atomic mass is 10.0. The highest BCUT2D eigenvalue weighted by molar-refractivity contribution is 7.99. The Morgan fingerprint density at radius 1 is 1.21 bits per heavy atom. The van der Waals surface area contributed by atoms with Crippen molar-refractivity contribution in [1.29, 1.82) is 0 Å². The standard InChI is InChI=1S/C18H19N3O2S/c1-12(2)13-6-8-14(9-7-13)15(22)11-24-18-20-19-17(21(18)3)16-5-4-10-23-16/h4-10,12H,11H2,1-3H3. The van der Waals surface area contributed by atoms with Gasteiger partial charge in [0.15, 0.2) is 22.5 Å². The molecule has 0 aliphatic rings. The largest absolute Gasteiger partial charge is 0.461 e. The normalized spacial score (nSPS) is 11.2. The van der Waals surface area contributed by atoms with Gasteiger partial charge in [-0.05, 0) is 23.6 Å². The highest BCUT2D eigenvalue weighted by atomic mass is 32.2. The van der Waals surface area contributed by atoms with Crippen LogP contribution in [0.5, 0.6) is 0 Å². The minimum Gasteiger partial charge on any atom is -0.461 e. The van der Waals surface area contributed by atoms with Crippen molar-refractivity contribution in [1.82, 2.24) is 14.8 Å². The first-order valence-electron chi connectivity index (χ1n) is 7.75. The molecule has 0 saturated heterocycles. The van der Waals surface area contributed by atoms with Gasteiger partial charge in [0.1, 0.15) is 0 Å². The maximum atomic E-state index is 12.3. The van der Waals surface area contributed by atoms with Gasteiger partial charge in [0.05, 0.1) is 12.0 Å². The first-order chi connectivity index (χ1) is 11.6. The lowest BCUT2D eigenvalue weighted by molar-refractivity contribution is 0.102. The number of thioether (sulfide) groups is 1. The summed E-state index contributed by atoms with van der Waals surface area (Å²) in [5.74, 6) is 2.18. The van der Waals surface area contributed by atoms with E-state index in [0.717, 1.165) is 5.56 Å². The summed E-state index contributed by atoms with van der Waals surface area (Å²) in [4.78, 5) is 12.3. The second-order valence-electron chi connectivity index (χ2n) is 5.83. The first-order valence-corrected chi connectivity index (χ1v) is 8.74. The van der Waals surface area contributed by atoms with Crippen LogP contribution in [0.15, 0.2) is 52.2 Å². The molecule has 0 radical (unpaired) electrons. The number of carbonyl (C=O) groups is 1. The number of Topliss-reactive ketones (excluding diaryl/α,β-unsaturated/α-hetero) is 1. The van der Waals surface area contributed by atoms with Gasteiger partial charge in [0.25, 0.3) is 0 Å². The number of nitrogens with zero attached hydrogens (tertiary/aromatic N) is 3. The summed E-state index contributed by atoms with van der Waals surface area (Å²) in [6, 6.07) is 11.5. The van der Waals surface area contributed by atoms with E-state index in [2.05, 4.69) is 24.0 Å². The van der Waals surface area contributed by atoms with Gasteiger partial charge in [0, 0.05) is 12.6 Å². The summed E-state index contributed by atoms with van der Waals surface area (Å²) in [6.07, 6.45) is 1.60. The molecule has 0 aliphatic heterocycles. The average molecular weight is 341 g/mol. The molecule has 0 spiro atoms. The van der Waals surface area contributed by atoms with Crippen molar-refractivity contribution in [3.8, 4) is 11.6 Å². The number of hydrogen-bond acceptors (Lipinski definition) is 5. The van der Waals surface area contributed by atoms with Crippen LogP contribution < -0.4 is 0 Å². The van der Waals surface area contributed by atoms with Crippen LogP contribution in [-0.2, 0) is 7.05 Å². The van der Waals surface area contributed by atoms with E-state index in [1.165, 1.54) is 17.3 Å². The van der Waals surface area contributed by atoms with Crippen molar-refractivity contribution in [2.75, 3.05) is 5.75 Å². The molecule has 2 aromatic heterocycles. The molecular weight excluding hydrogens is 322 g/mol. The topological polar surface area (TPSA) is 60.9 Å². The number of hydrogen-bond donors (Lipinski definition) is 0. The zero-order valence-electron chi connectivity index (χ0n) is 13.9. The third kappa shape index (κ3) is 3.43. The summed E-state index contributed by atoms with van der Waals surface area (Å²) in [7, 11) is 1.86. The van der Waals surface area contributed by atoms with Crippen LogP contribution in [0.1, 0.15) is 35.7 Å². The van der Waals surface area contributed by atoms with Crippen LogP contribution in [0.3, 0.4) is 0 Å². The Bertz CT molecular complexity index is 821. The molecule has 124 valence electrons. The molecule has 0 aliphatic carbocycles. The van der Waals surface area contributed by atoms with Crippen LogP contribution in [0, 0.1) is 0 Å². The average Bonchev–Trinajstić information content (AvgIpc) is 3.22. The minimum absolute atomic E-state index is 0.0813. The number of carbonyl (C=O) groups excluding carboxylic acids is 1. The van der Waals surface area contributed by atoms with Crippen LogP contribution in [0.2, 0.25) is 0 Å². The molecule has 0 saturated carbocycles. The van der Waals surface area contributed by atoms with Gasteiger partial charge in [-0.15, -0.1) is 10.2 Å². The Morgan fingerprint density at radius 3 is 2.58 bits per heavy atom. The van der Waals surface area contributed by atoms with Crippen LogP contribution in [0.25, 0.3) is 11.6 Å². The second kappa shape index (κ2) is 7.05. The quantitative estimate of drug-likeness (QED) is 0.497. The van der Waals surface area contributed by atoms with Gasteiger partial charge < -0.3 is 8.98 Å². The Labute approximate surface area is 145 Å². The molecule has 1 aromatic carbocycles. The van der Waals surface area contributed by atoms with Gasteiger partial charge in [-0.25, -0.2) is 0 Å². The van der Waals surface area contributed by atoms with E-state index in [1.54, 1.807) is 12.3 Å². The molecule has 0 bridgehead atoms. The van der Waals surface area contributed by atoms with Crippen LogP contribution in [0.4, 0.5) is 0 Å². The summed E-state index contributed by atoms with van der Waals surface area (Å²) >= 11 is 1.38. The predicted octanol–water partition coefficient (Wildman–Crippen LogP) is 4.17. The van der Waals surface area contributed by atoms with Crippen molar-refractivity contribution in [2.24, 2.45) is 7.05 Å². The predicted molar refractivity (Wildman–Crippen MR) is 94.3 cm³/mol. The Balaban J connectivity index is 1.66.